The minimum atomic E-state index is -0.688. The Labute approximate surface area is 123 Å². The standard InChI is InChI=1S/C15H20FN3O2/c16-12-9-11(10-18-14(20)15(17)3-4-15)1-2-13(12)19-5-7-21-8-6-19/h1-2,9H,3-8,10,17H2,(H,18,20). The first-order valence-corrected chi connectivity index (χ1v) is 7.27. The van der Waals surface area contributed by atoms with Gasteiger partial charge in [0.1, 0.15) is 5.82 Å². The van der Waals surface area contributed by atoms with Gasteiger partial charge in [-0.25, -0.2) is 4.39 Å². The van der Waals surface area contributed by atoms with E-state index >= 15 is 0 Å². The zero-order valence-corrected chi connectivity index (χ0v) is 11.9. The van der Waals surface area contributed by atoms with E-state index in [0.29, 0.717) is 38.5 Å². The van der Waals surface area contributed by atoms with Gasteiger partial charge in [0.05, 0.1) is 24.4 Å². The summed E-state index contributed by atoms with van der Waals surface area (Å²) >= 11 is 0. The number of hydrogen-bond donors (Lipinski definition) is 2. The van der Waals surface area contributed by atoms with Gasteiger partial charge in [-0.15, -0.1) is 0 Å². The molecule has 1 heterocycles. The Hall–Kier alpha value is -1.66. The van der Waals surface area contributed by atoms with E-state index < -0.39 is 5.54 Å². The zero-order chi connectivity index (χ0) is 14.9. The summed E-state index contributed by atoms with van der Waals surface area (Å²) in [7, 11) is 0. The van der Waals surface area contributed by atoms with Gasteiger partial charge < -0.3 is 20.7 Å². The van der Waals surface area contributed by atoms with Crippen molar-refractivity contribution in [1.29, 1.82) is 0 Å². The molecule has 1 saturated carbocycles. The SMILES string of the molecule is NC1(C(=O)NCc2ccc(N3CCOCC3)c(F)c2)CC1. The molecule has 3 N–H and O–H groups in total. The topological polar surface area (TPSA) is 67.6 Å². The van der Waals surface area contributed by atoms with Crippen LogP contribution in [0.3, 0.4) is 0 Å². The van der Waals surface area contributed by atoms with Crippen molar-refractivity contribution in [1.82, 2.24) is 5.32 Å². The van der Waals surface area contributed by atoms with Crippen LogP contribution in [0.5, 0.6) is 0 Å². The van der Waals surface area contributed by atoms with Gasteiger partial charge in [-0.3, -0.25) is 4.79 Å². The number of benzene rings is 1. The number of nitrogens with one attached hydrogen (secondary N) is 1. The molecule has 0 bridgehead atoms. The first-order valence-electron chi connectivity index (χ1n) is 7.27. The number of carbonyl (C=O) groups excluding carboxylic acids is 1. The fraction of sp³-hybridized carbons (Fsp3) is 0.533. The molecular formula is C15H20FN3O2. The van der Waals surface area contributed by atoms with Crippen LogP contribution in [0.25, 0.3) is 0 Å². The number of carbonyl (C=O) groups is 1. The first kappa shape index (κ1) is 14.3. The van der Waals surface area contributed by atoms with Crippen molar-refractivity contribution in [3.63, 3.8) is 0 Å². The molecule has 114 valence electrons. The van der Waals surface area contributed by atoms with Crippen LogP contribution >= 0.6 is 0 Å². The number of halogens is 1. The summed E-state index contributed by atoms with van der Waals surface area (Å²) in [6.07, 6.45) is 1.45. The van der Waals surface area contributed by atoms with E-state index in [4.69, 9.17) is 10.5 Å². The summed E-state index contributed by atoms with van der Waals surface area (Å²) in [5, 5.41) is 2.76. The summed E-state index contributed by atoms with van der Waals surface area (Å²) in [5.74, 6) is -0.419. The quantitative estimate of drug-likeness (QED) is 0.860. The maximum absolute atomic E-state index is 14.2. The zero-order valence-electron chi connectivity index (χ0n) is 11.9. The second-order valence-electron chi connectivity index (χ2n) is 5.72. The first-order chi connectivity index (χ1) is 10.1. The molecule has 1 aromatic rings. The summed E-state index contributed by atoms with van der Waals surface area (Å²) in [6.45, 7) is 2.94. The molecule has 1 saturated heterocycles. The molecule has 0 radical (unpaired) electrons. The van der Waals surface area contributed by atoms with Gasteiger partial charge in [0.15, 0.2) is 0 Å². The number of anilines is 1. The predicted octanol–water partition coefficient (Wildman–Crippen LogP) is 0.770. The van der Waals surface area contributed by atoms with E-state index in [1.807, 2.05) is 11.0 Å². The smallest absolute Gasteiger partial charge is 0.240 e. The number of nitrogens with zero attached hydrogens (tertiary/aromatic N) is 1. The molecule has 0 atom stereocenters. The normalized spacial score (nSPS) is 20.2. The number of ether oxygens (including phenoxy) is 1. The average molecular weight is 293 g/mol. The largest absolute Gasteiger partial charge is 0.378 e. The molecule has 2 aliphatic rings. The van der Waals surface area contributed by atoms with Crippen molar-refractivity contribution >= 4 is 11.6 Å². The number of morpholine rings is 1. The molecule has 1 aliphatic carbocycles. The minimum absolute atomic E-state index is 0.153. The maximum Gasteiger partial charge on any atom is 0.240 e. The third-order valence-electron chi connectivity index (χ3n) is 4.06. The third-order valence-corrected chi connectivity index (χ3v) is 4.06. The van der Waals surface area contributed by atoms with E-state index in [0.717, 1.165) is 18.4 Å². The average Bonchev–Trinajstić information content (AvgIpc) is 3.25. The Morgan fingerprint density at radius 3 is 2.71 bits per heavy atom. The Balaban J connectivity index is 1.62. The van der Waals surface area contributed by atoms with Crippen LogP contribution in [0.2, 0.25) is 0 Å². The second kappa shape index (κ2) is 5.61. The number of amides is 1. The van der Waals surface area contributed by atoms with Crippen LogP contribution in [0.15, 0.2) is 18.2 Å². The molecule has 3 rings (SSSR count). The van der Waals surface area contributed by atoms with E-state index in [9.17, 15) is 9.18 Å². The van der Waals surface area contributed by atoms with Crippen molar-refractivity contribution in [3.05, 3.63) is 29.6 Å². The molecular weight excluding hydrogens is 273 g/mol. The monoisotopic (exact) mass is 293 g/mol. The highest BCUT2D eigenvalue weighted by Crippen LogP contribution is 2.32. The van der Waals surface area contributed by atoms with Crippen LogP contribution < -0.4 is 16.0 Å². The molecule has 5 nitrogen and oxygen atoms in total. The molecule has 1 aromatic carbocycles. The highest BCUT2D eigenvalue weighted by atomic mass is 19.1. The van der Waals surface area contributed by atoms with Crippen LogP contribution in [0.1, 0.15) is 18.4 Å². The maximum atomic E-state index is 14.2. The lowest BCUT2D eigenvalue weighted by Gasteiger charge is -2.29. The van der Waals surface area contributed by atoms with Crippen molar-refractivity contribution in [2.45, 2.75) is 24.9 Å². The van der Waals surface area contributed by atoms with Gasteiger partial charge in [-0.1, -0.05) is 6.07 Å². The van der Waals surface area contributed by atoms with Crippen molar-refractivity contribution in [2.24, 2.45) is 5.73 Å². The Morgan fingerprint density at radius 1 is 1.38 bits per heavy atom. The van der Waals surface area contributed by atoms with Gasteiger partial charge in [0.2, 0.25) is 5.91 Å². The predicted molar refractivity (Wildman–Crippen MR) is 77.4 cm³/mol. The number of rotatable bonds is 4. The van der Waals surface area contributed by atoms with E-state index in [1.165, 1.54) is 6.07 Å². The van der Waals surface area contributed by atoms with Gasteiger partial charge >= 0.3 is 0 Å². The highest BCUT2D eigenvalue weighted by Gasteiger charge is 2.45. The van der Waals surface area contributed by atoms with Crippen molar-refractivity contribution in [2.75, 3.05) is 31.2 Å². The van der Waals surface area contributed by atoms with Crippen molar-refractivity contribution < 1.29 is 13.9 Å². The summed E-state index contributed by atoms with van der Waals surface area (Å²) in [6, 6.07) is 5.07. The lowest BCUT2D eigenvalue weighted by Crippen LogP contribution is -2.42. The molecule has 0 unspecified atom stereocenters. The summed E-state index contributed by atoms with van der Waals surface area (Å²) in [5.41, 5.74) is 6.44. The Kier molecular flexibility index (Phi) is 3.82. The van der Waals surface area contributed by atoms with Crippen LogP contribution in [-0.4, -0.2) is 37.7 Å². The minimum Gasteiger partial charge on any atom is -0.378 e. The van der Waals surface area contributed by atoms with Gasteiger partial charge in [-0.2, -0.15) is 0 Å². The van der Waals surface area contributed by atoms with Crippen molar-refractivity contribution in [3.8, 4) is 0 Å². The van der Waals surface area contributed by atoms with Crippen LogP contribution in [0, 0.1) is 5.82 Å². The van der Waals surface area contributed by atoms with Crippen LogP contribution in [0.4, 0.5) is 10.1 Å². The fourth-order valence-corrected chi connectivity index (χ4v) is 2.44. The van der Waals surface area contributed by atoms with E-state index in [2.05, 4.69) is 5.32 Å². The Morgan fingerprint density at radius 2 is 2.10 bits per heavy atom. The molecule has 0 aromatic heterocycles. The number of nitrogens with two attached hydrogens (primary N) is 1. The molecule has 0 spiro atoms. The second-order valence-corrected chi connectivity index (χ2v) is 5.72. The summed E-state index contributed by atoms with van der Waals surface area (Å²) < 4.78 is 19.4. The number of hydrogen-bond acceptors (Lipinski definition) is 4. The van der Waals surface area contributed by atoms with E-state index in [-0.39, 0.29) is 11.7 Å². The lowest BCUT2D eigenvalue weighted by atomic mass is 10.1. The molecule has 21 heavy (non-hydrogen) atoms. The van der Waals surface area contributed by atoms with Gasteiger partial charge in [0.25, 0.3) is 0 Å². The molecule has 6 heteroatoms. The summed E-state index contributed by atoms with van der Waals surface area (Å²) in [4.78, 5) is 13.7. The Bertz CT molecular complexity index is 540. The van der Waals surface area contributed by atoms with Gasteiger partial charge in [0, 0.05) is 19.6 Å². The van der Waals surface area contributed by atoms with E-state index in [1.54, 1.807) is 6.07 Å². The lowest BCUT2D eigenvalue weighted by molar-refractivity contribution is -0.123. The molecule has 1 amide bonds. The fourth-order valence-electron chi connectivity index (χ4n) is 2.44. The highest BCUT2D eigenvalue weighted by molar-refractivity contribution is 5.88. The third kappa shape index (κ3) is 3.16. The molecule has 2 fully saturated rings. The van der Waals surface area contributed by atoms with Crippen LogP contribution in [-0.2, 0) is 16.1 Å². The van der Waals surface area contributed by atoms with Gasteiger partial charge in [-0.05, 0) is 30.5 Å². The molecule has 1 aliphatic heterocycles.